The summed E-state index contributed by atoms with van der Waals surface area (Å²) in [6.07, 6.45) is 2.13. The molecular weight excluding hydrogens is 263 g/mol. The van der Waals surface area contributed by atoms with Gasteiger partial charge in [-0.05, 0) is 37.0 Å². The first-order valence-electron chi connectivity index (χ1n) is 6.98. The van der Waals surface area contributed by atoms with E-state index in [0.717, 1.165) is 32.5 Å². The molecule has 0 unspecified atom stereocenters. The molecule has 1 heterocycles. The minimum absolute atomic E-state index is 0.267. The standard InChI is InChI=1S/C15H22ClFN2/c1-11(2)10-19-7-5-13(6-8-19)18-15-4-3-12(16)9-14(15)17/h3-4,9,11,13,18H,5-8,10H2,1-2H3. The van der Waals surface area contributed by atoms with Crippen LogP contribution in [0, 0.1) is 11.7 Å². The smallest absolute Gasteiger partial charge is 0.147 e. The molecule has 2 nitrogen and oxygen atoms in total. The molecule has 1 saturated heterocycles. The summed E-state index contributed by atoms with van der Waals surface area (Å²) in [4.78, 5) is 2.49. The third-order valence-corrected chi connectivity index (χ3v) is 3.74. The van der Waals surface area contributed by atoms with Crippen molar-refractivity contribution in [3.8, 4) is 0 Å². The predicted molar refractivity (Wildman–Crippen MR) is 79.3 cm³/mol. The molecule has 1 aliphatic heterocycles. The fraction of sp³-hybridized carbons (Fsp3) is 0.600. The van der Waals surface area contributed by atoms with Gasteiger partial charge in [0.05, 0.1) is 5.69 Å². The highest BCUT2D eigenvalue weighted by atomic mass is 35.5. The third kappa shape index (κ3) is 4.36. The van der Waals surface area contributed by atoms with Gasteiger partial charge in [0.2, 0.25) is 0 Å². The zero-order valence-corrected chi connectivity index (χ0v) is 12.4. The summed E-state index contributed by atoms with van der Waals surface area (Å²) in [5.41, 5.74) is 0.562. The van der Waals surface area contributed by atoms with Crippen molar-refractivity contribution in [2.75, 3.05) is 25.0 Å². The lowest BCUT2D eigenvalue weighted by atomic mass is 10.0. The van der Waals surface area contributed by atoms with Gasteiger partial charge >= 0.3 is 0 Å². The van der Waals surface area contributed by atoms with Crippen molar-refractivity contribution in [3.63, 3.8) is 0 Å². The molecule has 0 aliphatic carbocycles. The van der Waals surface area contributed by atoms with E-state index in [4.69, 9.17) is 11.6 Å². The molecule has 0 amide bonds. The third-order valence-electron chi connectivity index (χ3n) is 3.50. The van der Waals surface area contributed by atoms with E-state index in [1.165, 1.54) is 6.07 Å². The minimum Gasteiger partial charge on any atom is -0.380 e. The molecule has 4 heteroatoms. The topological polar surface area (TPSA) is 15.3 Å². The Hall–Kier alpha value is -0.800. The fourth-order valence-electron chi connectivity index (χ4n) is 2.60. The van der Waals surface area contributed by atoms with Crippen LogP contribution in [-0.2, 0) is 0 Å². The highest BCUT2D eigenvalue weighted by molar-refractivity contribution is 6.30. The van der Waals surface area contributed by atoms with E-state index in [1.54, 1.807) is 12.1 Å². The number of hydrogen-bond acceptors (Lipinski definition) is 2. The number of rotatable bonds is 4. The first kappa shape index (κ1) is 14.6. The van der Waals surface area contributed by atoms with Gasteiger partial charge in [-0.15, -0.1) is 0 Å². The number of nitrogens with zero attached hydrogens (tertiary/aromatic N) is 1. The molecule has 19 heavy (non-hydrogen) atoms. The van der Waals surface area contributed by atoms with Crippen LogP contribution in [-0.4, -0.2) is 30.6 Å². The Morgan fingerprint density at radius 3 is 2.63 bits per heavy atom. The normalized spacial score (nSPS) is 17.9. The first-order chi connectivity index (χ1) is 9.04. The summed E-state index contributed by atoms with van der Waals surface area (Å²) in [7, 11) is 0. The summed E-state index contributed by atoms with van der Waals surface area (Å²) < 4.78 is 13.7. The Labute approximate surface area is 119 Å². The average Bonchev–Trinajstić information content (AvgIpc) is 2.34. The summed E-state index contributed by atoms with van der Waals surface area (Å²) >= 11 is 5.75. The van der Waals surface area contributed by atoms with Gasteiger partial charge in [0.25, 0.3) is 0 Å². The molecule has 1 aliphatic rings. The van der Waals surface area contributed by atoms with E-state index >= 15 is 0 Å². The molecule has 2 rings (SSSR count). The molecule has 0 saturated carbocycles. The zero-order chi connectivity index (χ0) is 13.8. The number of hydrogen-bond donors (Lipinski definition) is 1. The van der Waals surface area contributed by atoms with Gasteiger partial charge in [0.1, 0.15) is 5.82 Å². The van der Waals surface area contributed by atoms with E-state index < -0.39 is 0 Å². The number of halogens is 2. The van der Waals surface area contributed by atoms with Gasteiger partial charge < -0.3 is 10.2 Å². The van der Waals surface area contributed by atoms with E-state index in [-0.39, 0.29) is 5.82 Å². The lowest BCUT2D eigenvalue weighted by Crippen LogP contribution is -2.40. The molecule has 1 aromatic rings. The molecule has 0 bridgehead atoms. The molecule has 0 aromatic heterocycles. The van der Waals surface area contributed by atoms with Crippen molar-refractivity contribution in [1.82, 2.24) is 4.90 Å². The van der Waals surface area contributed by atoms with E-state index in [9.17, 15) is 4.39 Å². The molecule has 1 fully saturated rings. The van der Waals surface area contributed by atoms with E-state index in [1.807, 2.05) is 0 Å². The number of nitrogens with one attached hydrogen (secondary N) is 1. The highest BCUT2D eigenvalue weighted by Crippen LogP contribution is 2.22. The Kier molecular flexibility index (Phi) is 5.06. The van der Waals surface area contributed by atoms with Crippen molar-refractivity contribution in [3.05, 3.63) is 29.0 Å². The van der Waals surface area contributed by atoms with Crippen molar-refractivity contribution in [1.29, 1.82) is 0 Å². The maximum Gasteiger partial charge on any atom is 0.147 e. The lowest BCUT2D eigenvalue weighted by Gasteiger charge is -2.33. The van der Waals surface area contributed by atoms with Crippen LogP contribution in [0.1, 0.15) is 26.7 Å². The van der Waals surface area contributed by atoms with Gasteiger partial charge in [-0.3, -0.25) is 0 Å². The van der Waals surface area contributed by atoms with Gasteiger partial charge in [-0.2, -0.15) is 0 Å². The second-order valence-corrected chi connectivity index (χ2v) is 6.17. The molecule has 0 spiro atoms. The van der Waals surface area contributed by atoms with Crippen molar-refractivity contribution in [2.45, 2.75) is 32.7 Å². The maximum absolute atomic E-state index is 13.7. The van der Waals surface area contributed by atoms with Crippen molar-refractivity contribution >= 4 is 17.3 Å². The van der Waals surface area contributed by atoms with Crippen LogP contribution in [0.3, 0.4) is 0 Å². The van der Waals surface area contributed by atoms with Crippen LogP contribution in [0.2, 0.25) is 5.02 Å². The fourth-order valence-corrected chi connectivity index (χ4v) is 2.76. The Balaban J connectivity index is 1.85. The molecule has 0 radical (unpaired) electrons. The minimum atomic E-state index is -0.267. The number of likely N-dealkylation sites (tertiary alicyclic amines) is 1. The second kappa shape index (κ2) is 6.58. The zero-order valence-electron chi connectivity index (χ0n) is 11.6. The molecule has 1 aromatic carbocycles. The lowest BCUT2D eigenvalue weighted by molar-refractivity contribution is 0.198. The second-order valence-electron chi connectivity index (χ2n) is 5.74. The Morgan fingerprint density at radius 2 is 2.05 bits per heavy atom. The van der Waals surface area contributed by atoms with Crippen LogP contribution in [0.15, 0.2) is 18.2 Å². The summed E-state index contributed by atoms with van der Waals surface area (Å²) in [5, 5.41) is 3.73. The van der Waals surface area contributed by atoms with Crippen LogP contribution in [0.4, 0.5) is 10.1 Å². The maximum atomic E-state index is 13.7. The molecule has 106 valence electrons. The van der Waals surface area contributed by atoms with Gasteiger partial charge in [0.15, 0.2) is 0 Å². The summed E-state index contributed by atoms with van der Waals surface area (Å²) in [5.74, 6) is 0.440. The molecule has 0 atom stereocenters. The largest absolute Gasteiger partial charge is 0.380 e. The number of piperidine rings is 1. The SMILES string of the molecule is CC(C)CN1CCC(Nc2ccc(Cl)cc2F)CC1. The predicted octanol–water partition coefficient (Wildman–Crippen LogP) is 4.01. The molecular formula is C15H22ClFN2. The Bertz CT molecular complexity index is 415. The molecule has 1 N–H and O–H groups in total. The number of anilines is 1. The van der Waals surface area contributed by atoms with Crippen LogP contribution >= 0.6 is 11.6 Å². The van der Waals surface area contributed by atoms with E-state index in [2.05, 4.69) is 24.1 Å². The van der Waals surface area contributed by atoms with Crippen LogP contribution in [0.25, 0.3) is 0 Å². The average molecular weight is 285 g/mol. The quantitative estimate of drug-likeness (QED) is 0.899. The van der Waals surface area contributed by atoms with Crippen LogP contribution in [0.5, 0.6) is 0 Å². The van der Waals surface area contributed by atoms with Crippen molar-refractivity contribution in [2.24, 2.45) is 5.92 Å². The summed E-state index contributed by atoms with van der Waals surface area (Å²) in [6.45, 7) is 7.82. The number of benzene rings is 1. The van der Waals surface area contributed by atoms with Gasteiger partial charge in [0, 0.05) is 30.7 Å². The highest BCUT2D eigenvalue weighted by Gasteiger charge is 2.20. The summed E-state index contributed by atoms with van der Waals surface area (Å²) in [6, 6.07) is 5.16. The monoisotopic (exact) mass is 284 g/mol. The van der Waals surface area contributed by atoms with Gasteiger partial charge in [-0.1, -0.05) is 25.4 Å². The first-order valence-corrected chi connectivity index (χ1v) is 7.36. The van der Waals surface area contributed by atoms with Gasteiger partial charge in [-0.25, -0.2) is 4.39 Å². The van der Waals surface area contributed by atoms with Crippen LogP contribution < -0.4 is 5.32 Å². The van der Waals surface area contributed by atoms with E-state index in [0.29, 0.717) is 22.7 Å². The Morgan fingerprint density at radius 1 is 1.37 bits per heavy atom. The van der Waals surface area contributed by atoms with Crippen molar-refractivity contribution < 1.29 is 4.39 Å².